The molecule has 1 N–H and O–H groups in total. The number of aliphatic hydroxyl groups is 1. The van der Waals surface area contributed by atoms with E-state index in [2.05, 4.69) is 29.6 Å². The molecule has 1 aliphatic rings. The van der Waals surface area contributed by atoms with E-state index in [-0.39, 0.29) is 6.10 Å². The number of aliphatic hydroxyl groups excluding tert-OH is 1. The summed E-state index contributed by atoms with van der Waals surface area (Å²) in [4.78, 5) is 0. The van der Waals surface area contributed by atoms with Gasteiger partial charge in [-0.1, -0.05) is 43.9 Å². The predicted octanol–water partition coefficient (Wildman–Crippen LogP) is 4.78. The minimum absolute atomic E-state index is 0.168. The lowest BCUT2D eigenvalue weighted by molar-refractivity contribution is 0.155. The zero-order valence-corrected chi connectivity index (χ0v) is 12.2. The van der Waals surface area contributed by atoms with Crippen LogP contribution in [0.2, 0.25) is 0 Å². The Bertz CT molecular complexity index is 525. The van der Waals surface area contributed by atoms with E-state index in [1.54, 1.807) is 11.3 Å². The van der Waals surface area contributed by atoms with Gasteiger partial charge < -0.3 is 5.11 Å². The van der Waals surface area contributed by atoms with Gasteiger partial charge in [-0.25, -0.2) is 0 Å². The van der Waals surface area contributed by atoms with Gasteiger partial charge in [0.25, 0.3) is 0 Å². The number of benzene rings is 1. The van der Waals surface area contributed by atoms with Crippen molar-refractivity contribution >= 4 is 21.4 Å². The first kappa shape index (κ1) is 13.1. The lowest BCUT2D eigenvalue weighted by Gasteiger charge is -2.13. The molecule has 2 heteroatoms. The molecule has 0 bridgehead atoms. The van der Waals surface area contributed by atoms with Crippen LogP contribution in [0, 0.1) is 5.92 Å². The van der Waals surface area contributed by atoms with Crippen molar-refractivity contribution in [3.8, 4) is 0 Å². The number of fused-ring (bicyclic) bond motifs is 1. The smallest absolute Gasteiger partial charge is 0.0581 e. The first-order valence-electron chi connectivity index (χ1n) is 7.46. The zero-order chi connectivity index (χ0) is 13.1. The number of hydrogen-bond acceptors (Lipinski definition) is 2. The van der Waals surface area contributed by atoms with Crippen molar-refractivity contribution in [3.05, 3.63) is 35.2 Å². The Morgan fingerprint density at radius 3 is 2.84 bits per heavy atom. The normalized spacial score (nSPS) is 18.2. The van der Waals surface area contributed by atoms with Crippen LogP contribution in [0.15, 0.2) is 29.6 Å². The third kappa shape index (κ3) is 3.18. The molecule has 0 spiro atoms. The molecule has 1 aromatic heterocycles. The molecule has 0 radical (unpaired) electrons. The Balaban J connectivity index is 1.57. The average Bonchev–Trinajstić information content (AvgIpc) is 3.07. The van der Waals surface area contributed by atoms with Crippen LogP contribution >= 0.6 is 11.3 Å². The quantitative estimate of drug-likeness (QED) is 0.832. The first-order valence-corrected chi connectivity index (χ1v) is 8.34. The van der Waals surface area contributed by atoms with E-state index in [4.69, 9.17) is 0 Å². The van der Waals surface area contributed by atoms with Crippen LogP contribution in [0.1, 0.15) is 44.1 Å². The van der Waals surface area contributed by atoms with Gasteiger partial charge in [0.1, 0.15) is 0 Å². The highest BCUT2D eigenvalue weighted by Crippen LogP contribution is 2.30. The lowest BCUT2D eigenvalue weighted by atomic mass is 9.96. The monoisotopic (exact) mass is 274 g/mol. The molecule has 1 unspecified atom stereocenters. The van der Waals surface area contributed by atoms with Gasteiger partial charge in [-0.2, -0.15) is 0 Å². The molecule has 0 amide bonds. The summed E-state index contributed by atoms with van der Waals surface area (Å²) >= 11 is 1.79. The number of hydrogen-bond donors (Lipinski definition) is 1. The van der Waals surface area contributed by atoms with Gasteiger partial charge in [0, 0.05) is 4.70 Å². The maximum absolute atomic E-state index is 10.2. The molecule has 1 fully saturated rings. The van der Waals surface area contributed by atoms with Gasteiger partial charge in [0.15, 0.2) is 0 Å². The standard InChI is InChI=1S/C17H22OS/c18-15(10-9-13-5-1-2-6-13)11-14-12-19-17-8-4-3-7-16(14)17/h3-4,7-8,12-13,15,18H,1-2,5-6,9-11H2. The highest BCUT2D eigenvalue weighted by atomic mass is 32.1. The lowest BCUT2D eigenvalue weighted by Crippen LogP contribution is -2.11. The van der Waals surface area contributed by atoms with Crippen LogP contribution in [0.4, 0.5) is 0 Å². The predicted molar refractivity (Wildman–Crippen MR) is 82.7 cm³/mol. The molecule has 1 aliphatic carbocycles. The van der Waals surface area contributed by atoms with Crippen LogP contribution in [0.3, 0.4) is 0 Å². The van der Waals surface area contributed by atoms with Crippen molar-refractivity contribution in [3.63, 3.8) is 0 Å². The second kappa shape index (κ2) is 6.06. The van der Waals surface area contributed by atoms with Crippen LogP contribution in [0.5, 0.6) is 0 Å². The van der Waals surface area contributed by atoms with Crippen molar-refractivity contribution in [2.24, 2.45) is 5.92 Å². The van der Waals surface area contributed by atoms with Crippen LogP contribution < -0.4 is 0 Å². The SMILES string of the molecule is OC(CCC1CCCC1)Cc1csc2ccccc12. The van der Waals surface area contributed by atoms with E-state index in [1.165, 1.54) is 47.8 Å². The summed E-state index contributed by atoms with van der Waals surface area (Å²) in [6.45, 7) is 0. The van der Waals surface area contributed by atoms with Gasteiger partial charge in [-0.3, -0.25) is 0 Å². The summed E-state index contributed by atoms with van der Waals surface area (Å²) in [6.07, 6.45) is 8.39. The molecule has 0 aliphatic heterocycles. The fraction of sp³-hybridized carbons (Fsp3) is 0.529. The molecule has 19 heavy (non-hydrogen) atoms. The molecule has 2 aromatic rings. The molecule has 1 saturated carbocycles. The van der Waals surface area contributed by atoms with E-state index < -0.39 is 0 Å². The number of thiophene rings is 1. The van der Waals surface area contributed by atoms with Crippen molar-refractivity contribution in [1.29, 1.82) is 0 Å². The summed E-state index contributed by atoms with van der Waals surface area (Å²) in [7, 11) is 0. The Hall–Kier alpha value is -0.860. The summed E-state index contributed by atoms with van der Waals surface area (Å²) in [5, 5.41) is 13.8. The molecule has 1 atom stereocenters. The van der Waals surface area contributed by atoms with Crippen LogP contribution in [-0.4, -0.2) is 11.2 Å². The van der Waals surface area contributed by atoms with Crippen molar-refractivity contribution in [2.75, 3.05) is 0 Å². The third-order valence-electron chi connectivity index (χ3n) is 4.40. The van der Waals surface area contributed by atoms with E-state index in [0.29, 0.717) is 0 Å². The Labute approximate surface area is 119 Å². The van der Waals surface area contributed by atoms with E-state index in [1.807, 2.05) is 0 Å². The van der Waals surface area contributed by atoms with Crippen molar-refractivity contribution in [2.45, 2.75) is 51.0 Å². The molecule has 3 rings (SSSR count). The fourth-order valence-electron chi connectivity index (χ4n) is 3.27. The minimum atomic E-state index is -0.168. The highest BCUT2D eigenvalue weighted by molar-refractivity contribution is 7.17. The Morgan fingerprint density at radius 2 is 2.00 bits per heavy atom. The maximum atomic E-state index is 10.2. The molecule has 1 aromatic carbocycles. The van der Waals surface area contributed by atoms with E-state index in [9.17, 15) is 5.11 Å². The van der Waals surface area contributed by atoms with Crippen LogP contribution in [-0.2, 0) is 6.42 Å². The second-order valence-corrected chi connectivity index (χ2v) is 6.75. The topological polar surface area (TPSA) is 20.2 Å². The summed E-state index contributed by atoms with van der Waals surface area (Å²) in [6, 6.07) is 8.50. The summed E-state index contributed by atoms with van der Waals surface area (Å²) in [5.74, 6) is 0.883. The Kier molecular flexibility index (Phi) is 4.19. The minimum Gasteiger partial charge on any atom is -0.393 e. The van der Waals surface area contributed by atoms with Crippen molar-refractivity contribution in [1.82, 2.24) is 0 Å². The van der Waals surface area contributed by atoms with Gasteiger partial charge in [-0.15, -0.1) is 11.3 Å². The molecule has 0 saturated heterocycles. The second-order valence-electron chi connectivity index (χ2n) is 5.84. The van der Waals surface area contributed by atoms with Gasteiger partial charge in [-0.05, 0) is 47.6 Å². The Morgan fingerprint density at radius 1 is 1.21 bits per heavy atom. The van der Waals surface area contributed by atoms with E-state index in [0.717, 1.165) is 18.8 Å². The molecule has 1 nitrogen and oxygen atoms in total. The highest BCUT2D eigenvalue weighted by Gasteiger charge is 2.17. The number of rotatable bonds is 5. The summed E-state index contributed by atoms with van der Waals surface area (Å²) in [5.41, 5.74) is 1.32. The largest absolute Gasteiger partial charge is 0.393 e. The van der Waals surface area contributed by atoms with Crippen LogP contribution in [0.25, 0.3) is 10.1 Å². The molecular formula is C17H22OS. The maximum Gasteiger partial charge on any atom is 0.0581 e. The van der Waals surface area contributed by atoms with Crippen molar-refractivity contribution < 1.29 is 5.11 Å². The fourth-order valence-corrected chi connectivity index (χ4v) is 4.25. The molecular weight excluding hydrogens is 252 g/mol. The zero-order valence-electron chi connectivity index (χ0n) is 11.3. The van der Waals surface area contributed by atoms with E-state index >= 15 is 0 Å². The van der Waals surface area contributed by atoms with Gasteiger partial charge in [0.05, 0.1) is 6.10 Å². The van der Waals surface area contributed by atoms with Gasteiger partial charge in [0.2, 0.25) is 0 Å². The average molecular weight is 274 g/mol. The molecule has 1 heterocycles. The van der Waals surface area contributed by atoms with Gasteiger partial charge >= 0.3 is 0 Å². The molecule has 102 valence electrons. The first-order chi connectivity index (χ1) is 9.33. The summed E-state index contributed by atoms with van der Waals surface area (Å²) < 4.78 is 1.33. The third-order valence-corrected chi connectivity index (χ3v) is 5.41.